The lowest BCUT2D eigenvalue weighted by atomic mass is 10.2. The minimum atomic E-state index is -0.515. The third kappa shape index (κ3) is 1.13. The molecule has 6 heteroatoms. The van der Waals surface area contributed by atoms with Crippen molar-refractivity contribution in [2.24, 2.45) is 0 Å². The average Bonchev–Trinajstić information content (AvgIpc) is 2.59. The Kier molecular flexibility index (Phi) is 1.58. The number of fused-ring (bicyclic) bond motifs is 3. The van der Waals surface area contributed by atoms with Crippen LogP contribution >= 0.6 is 11.6 Å². The number of halogens is 1. The maximum Gasteiger partial charge on any atom is 0.417 e. The third-order valence-electron chi connectivity index (χ3n) is 2.12. The summed E-state index contributed by atoms with van der Waals surface area (Å²) in [4.78, 5) is 21.6. The molecule has 0 radical (unpaired) electrons. The first kappa shape index (κ1) is 8.43. The molecule has 0 unspecified atom stereocenters. The van der Waals surface area contributed by atoms with E-state index in [1.807, 2.05) is 0 Å². The summed E-state index contributed by atoms with van der Waals surface area (Å²) in [5, 5.41) is 1.05. The van der Waals surface area contributed by atoms with E-state index in [-0.39, 0.29) is 0 Å². The Labute approximate surface area is 87.7 Å². The van der Waals surface area contributed by atoms with E-state index in [4.69, 9.17) is 16.0 Å². The first-order valence-corrected chi connectivity index (χ1v) is 4.54. The largest absolute Gasteiger partial charge is 0.417 e. The van der Waals surface area contributed by atoms with E-state index >= 15 is 0 Å². The van der Waals surface area contributed by atoms with E-state index in [1.54, 1.807) is 6.20 Å². The van der Waals surface area contributed by atoms with Crippen LogP contribution in [0.2, 0.25) is 5.02 Å². The second kappa shape index (κ2) is 2.80. The van der Waals surface area contributed by atoms with E-state index in [0.717, 1.165) is 0 Å². The molecule has 0 aliphatic heterocycles. The second-order valence-corrected chi connectivity index (χ2v) is 3.44. The van der Waals surface area contributed by atoms with E-state index in [0.29, 0.717) is 27.0 Å². The van der Waals surface area contributed by atoms with Gasteiger partial charge in [0, 0.05) is 12.4 Å². The van der Waals surface area contributed by atoms with Gasteiger partial charge in [0.15, 0.2) is 5.58 Å². The maximum absolute atomic E-state index is 11.0. The van der Waals surface area contributed by atoms with Crippen molar-refractivity contribution in [1.82, 2.24) is 15.0 Å². The highest BCUT2D eigenvalue weighted by atomic mass is 35.5. The zero-order chi connectivity index (χ0) is 10.4. The molecule has 0 fully saturated rings. The molecule has 3 heterocycles. The number of nitrogens with one attached hydrogen (secondary N) is 1. The number of aromatic amines is 1. The summed E-state index contributed by atoms with van der Waals surface area (Å²) in [6.07, 6.45) is 4.56. The Morgan fingerprint density at radius 1 is 1.33 bits per heavy atom. The predicted octanol–water partition coefficient (Wildman–Crippen LogP) is 1.72. The number of oxazole rings is 1. The highest BCUT2D eigenvalue weighted by Crippen LogP contribution is 2.25. The van der Waals surface area contributed by atoms with Crippen LogP contribution in [0.25, 0.3) is 22.0 Å². The molecule has 5 nitrogen and oxygen atoms in total. The van der Waals surface area contributed by atoms with Crippen LogP contribution in [0.15, 0.2) is 27.8 Å². The molecule has 0 aliphatic carbocycles. The molecule has 3 rings (SSSR count). The van der Waals surface area contributed by atoms with Crippen molar-refractivity contribution in [3.8, 4) is 0 Å². The SMILES string of the molecule is O=c1[nH]c2cnc3c(Cl)cncc3c2o1. The van der Waals surface area contributed by atoms with Gasteiger partial charge in [-0.2, -0.15) is 0 Å². The summed E-state index contributed by atoms with van der Waals surface area (Å²) in [5.41, 5.74) is 1.54. The molecule has 1 N–H and O–H groups in total. The Morgan fingerprint density at radius 3 is 3.07 bits per heavy atom. The monoisotopic (exact) mass is 221 g/mol. The second-order valence-electron chi connectivity index (χ2n) is 3.03. The van der Waals surface area contributed by atoms with Crippen molar-refractivity contribution in [2.75, 3.05) is 0 Å². The van der Waals surface area contributed by atoms with Crippen LogP contribution in [-0.4, -0.2) is 15.0 Å². The minimum Gasteiger partial charge on any atom is -0.407 e. The van der Waals surface area contributed by atoms with Crippen molar-refractivity contribution in [2.45, 2.75) is 0 Å². The molecule has 0 saturated heterocycles. The van der Waals surface area contributed by atoms with Gasteiger partial charge in [0.25, 0.3) is 0 Å². The van der Waals surface area contributed by atoms with Gasteiger partial charge in [-0.25, -0.2) is 4.79 Å². The Bertz CT molecular complexity index is 716. The summed E-state index contributed by atoms with van der Waals surface area (Å²) < 4.78 is 4.99. The van der Waals surface area contributed by atoms with Gasteiger partial charge in [0.1, 0.15) is 5.52 Å². The Hall–Kier alpha value is -1.88. The quantitative estimate of drug-likeness (QED) is 0.627. The smallest absolute Gasteiger partial charge is 0.407 e. The molecular weight excluding hydrogens is 218 g/mol. The van der Waals surface area contributed by atoms with E-state index < -0.39 is 5.76 Å². The first-order valence-electron chi connectivity index (χ1n) is 4.17. The fraction of sp³-hybridized carbons (Fsp3) is 0. The lowest BCUT2D eigenvalue weighted by Gasteiger charge is -1.97. The molecule has 0 spiro atoms. The van der Waals surface area contributed by atoms with Crippen molar-refractivity contribution < 1.29 is 4.42 Å². The van der Waals surface area contributed by atoms with Crippen molar-refractivity contribution in [1.29, 1.82) is 0 Å². The molecule has 15 heavy (non-hydrogen) atoms. The number of pyridine rings is 2. The van der Waals surface area contributed by atoms with Crippen LogP contribution in [0.5, 0.6) is 0 Å². The summed E-state index contributed by atoms with van der Waals surface area (Å²) in [7, 11) is 0. The lowest BCUT2D eigenvalue weighted by molar-refractivity contribution is 0.558. The normalized spacial score (nSPS) is 11.3. The molecular formula is C9H4ClN3O2. The number of hydrogen-bond donors (Lipinski definition) is 1. The Morgan fingerprint density at radius 2 is 2.20 bits per heavy atom. The van der Waals surface area contributed by atoms with Gasteiger partial charge in [-0.3, -0.25) is 15.0 Å². The van der Waals surface area contributed by atoms with E-state index in [1.165, 1.54) is 12.4 Å². The molecule has 0 bridgehead atoms. The fourth-order valence-corrected chi connectivity index (χ4v) is 1.69. The molecule has 0 amide bonds. The number of aromatic nitrogens is 3. The summed E-state index contributed by atoms with van der Waals surface area (Å²) in [5.74, 6) is -0.515. The molecule has 3 aromatic heterocycles. The van der Waals surface area contributed by atoms with Crippen molar-refractivity contribution in [3.05, 3.63) is 34.2 Å². The lowest BCUT2D eigenvalue weighted by Crippen LogP contribution is -1.92. The topological polar surface area (TPSA) is 71.8 Å². The highest BCUT2D eigenvalue weighted by Gasteiger charge is 2.09. The standard InChI is InChI=1S/C9H4ClN3O2/c10-5-2-11-1-4-7(5)12-3-6-8(4)15-9(14)13-6/h1-3H,(H,13,14). The van der Waals surface area contributed by atoms with Crippen LogP contribution in [0.3, 0.4) is 0 Å². The van der Waals surface area contributed by atoms with Gasteiger partial charge in [-0.15, -0.1) is 0 Å². The number of rotatable bonds is 0. The van der Waals surface area contributed by atoms with Crippen LogP contribution in [0, 0.1) is 0 Å². The summed E-state index contributed by atoms with van der Waals surface area (Å²) in [6.45, 7) is 0. The van der Waals surface area contributed by atoms with E-state index in [9.17, 15) is 4.79 Å². The van der Waals surface area contributed by atoms with Crippen LogP contribution in [0.1, 0.15) is 0 Å². The van der Waals surface area contributed by atoms with Crippen LogP contribution < -0.4 is 5.76 Å². The number of hydrogen-bond acceptors (Lipinski definition) is 4. The Balaban J connectivity index is 2.65. The van der Waals surface area contributed by atoms with Crippen molar-refractivity contribution in [3.63, 3.8) is 0 Å². The van der Waals surface area contributed by atoms with Gasteiger partial charge < -0.3 is 4.42 Å². The van der Waals surface area contributed by atoms with Gasteiger partial charge in [-0.1, -0.05) is 11.6 Å². The van der Waals surface area contributed by atoms with Gasteiger partial charge in [0.2, 0.25) is 0 Å². The molecule has 0 aromatic carbocycles. The summed E-state index contributed by atoms with van der Waals surface area (Å²) >= 11 is 5.91. The van der Waals surface area contributed by atoms with Gasteiger partial charge in [-0.05, 0) is 0 Å². The molecule has 0 aliphatic rings. The minimum absolute atomic E-state index is 0.429. The molecule has 0 atom stereocenters. The highest BCUT2D eigenvalue weighted by molar-refractivity contribution is 6.35. The summed E-state index contributed by atoms with van der Waals surface area (Å²) in [6, 6.07) is 0. The zero-order valence-electron chi connectivity index (χ0n) is 7.32. The number of nitrogens with zero attached hydrogens (tertiary/aromatic N) is 2. The van der Waals surface area contributed by atoms with Gasteiger partial charge >= 0.3 is 5.76 Å². The van der Waals surface area contributed by atoms with Gasteiger partial charge in [0.05, 0.1) is 22.1 Å². The molecule has 0 saturated carbocycles. The predicted molar refractivity (Wildman–Crippen MR) is 54.9 cm³/mol. The van der Waals surface area contributed by atoms with Crippen LogP contribution in [-0.2, 0) is 0 Å². The van der Waals surface area contributed by atoms with Crippen LogP contribution in [0.4, 0.5) is 0 Å². The average molecular weight is 222 g/mol. The fourth-order valence-electron chi connectivity index (χ4n) is 1.49. The first-order chi connectivity index (χ1) is 7.25. The van der Waals surface area contributed by atoms with Crippen molar-refractivity contribution >= 4 is 33.6 Å². The third-order valence-corrected chi connectivity index (χ3v) is 2.39. The maximum atomic E-state index is 11.0. The molecule has 3 aromatic rings. The van der Waals surface area contributed by atoms with E-state index in [2.05, 4.69) is 15.0 Å². The molecule has 74 valence electrons. The zero-order valence-corrected chi connectivity index (χ0v) is 8.08. The number of H-pyrrole nitrogens is 1.